The molecule has 7 heteroatoms. The second kappa shape index (κ2) is 8.23. The fourth-order valence-electron chi connectivity index (χ4n) is 2.89. The fourth-order valence-corrected chi connectivity index (χ4v) is 3.59. The molecule has 0 atom stereocenters. The molecule has 0 saturated carbocycles. The summed E-state index contributed by atoms with van der Waals surface area (Å²) in [5, 5.41) is 4.84. The molecule has 3 rings (SSSR count). The summed E-state index contributed by atoms with van der Waals surface area (Å²) in [7, 11) is 0. The Morgan fingerprint density at radius 1 is 1.19 bits per heavy atom. The minimum absolute atomic E-state index is 0.0421. The Kier molecular flexibility index (Phi) is 5.78. The van der Waals surface area contributed by atoms with Gasteiger partial charge in [-0.15, -0.1) is 11.3 Å². The third-order valence-corrected chi connectivity index (χ3v) is 5.08. The molecule has 1 aromatic carbocycles. The van der Waals surface area contributed by atoms with E-state index in [2.05, 4.69) is 10.3 Å². The van der Waals surface area contributed by atoms with Crippen LogP contribution in [0.25, 0.3) is 0 Å². The van der Waals surface area contributed by atoms with Crippen molar-refractivity contribution in [2.75, 3.05) is 11.9 Å². The molecule has 1 aliphatic rings. The molecule has 1 heterocycles. The number of ketones is 1. The molecule has 136 valence electrons. The predicted octanol–water partition coefficient (Wildman–Crippen LogP) is 3.09. The van der Waals surface area contributed by atoms with E-state index >= 15 is 0 Å². The molecule has 2 aromatic rings. The molecule has 0 radical (unpaired) electrons. The summed E-state index contributed by atoms with van der Waals surface area (Å²) in [4.78, 5) is 39.8. The number of fused-ring (bicyclic) bond motifs is 1. The van der Waals surface area contributed by atoms with E-state index in [4.69, 9.17) is 4.74 Å². The highest BCUT2D eigenvalue weighted by atomic mass is 32.1. The number of nitrogens with one attached hydrogen (secondary N) is 1. The van der Waals surface area contributed by atoms with Gasteiger partial charge in [-0.25, -0.2) is 4.98 Å². The van der Waals surface area contributed by atoms with E-state index in [1.54, 1.807) is 0 Å². The van der Waals surface area contributed by atoms with E-state index in [0.29, 0.717) is 10.7 Å². The van der Waals surface area contributed by atoms with E-state index < -0.39 is 11.9 Å². The van der Waals surface area contributed by atoms with Gasteiger partial charge in [0, 0.05) is 17.4 Å². The molecule has 0 saturated heterocycles. The van der Waals surface area contributed by atoms with E-state index in [-0.39, 0.29) is 25.2 Å². The molecule has 0 bridgehead atoms. The number of aromatic nitrogens is 1. The first kappa shape index (κ1) is 18.3. The first-order valence-corrected chi connectivity index (χ1v) is 9.42. The number of rotatable bonds is 7. The molecular formula is C19H20N2O4S. The Morgan fingerprint density at radius 2 is 2.00 bits per heavy atom. The van der Waals surface area contributed by atoms with Gasteiger partial charge in [-0.1, -0.05) is 12.1 Å². The Labute approximate surface area is 155 Å². The lowest BCUT2D eigenvalue weighted by Crippen LogP contribution is -2.21. The van der Waals surface area contributed by atoms with Gasteiger partial charge in [0.15, 0.2) is 17.5 Å². The Morgan fingerprint density at radius 3 is 2.77 bits per heavy atom. The minimum atomic E-state index is -0.565. The van der Waals surface area contributed by atoms with Crippen LogP contribution in [0, 0.1) is 6.92 Å². The van der Waals surface area contributed by atoms with Gasteiger partial charge < -0.3 is 4.74 Å². The highest BCUT2D eigenvalue weighted by Gasteiger charge is 2.16. The number of aryl methyl sites for hydroxylation is 3. The second-order valence-electron chi connectivity index (χ2n) is 6.26. The predicted molar refractivity (Wildman–Crippen MR) is 98.5 cm³/mol. The third kappa shape index (κ3) is 4.76. The van der Waals surface area contributed by atoms with Gasteiger partial charge in [0.05, 0.1) is 12.1 Å². The maximum Gasteiger partial charge on any atom is 0.306 e. The van der Waals surface area contributed by atoms with Crippen LogP contribution in [0.2, 0.25) is 0 Å². The zero-order valence-corrected chi connectivity index (χ0v) is 15.4. The first-order chi connectivity index (χ1) is 12.5. The standard InChI is InChI=1S/C19H20N2O4S/c1-12-11-26-19(20-12)21-17(23)10-25-18(24)8-7-16(22)15-6-5-13-3-2-4-14(13)9-15/h5-6,9,11H,2-4,7-8,10H2,1H3,(H,20,21,23). The van der Waals surface area contributed by atoms with Crippen molar-refractivity contribution in [2.24, 2.45) is 0 Å². The van der Waals surface area contributed by atoms with Gasteiger partial charge >= 0.3 is 5.97 Å². The Bertz CT molecular complexity index is 844. The Hall–Kier alpha value is -2.54. The maximum atomic E-state index is 12.2. The highest BCUT2D eigenvalue weighted by Crippen LogP contribution is 2.23. The van der Waals surface area contributed by atoms with Crippen molar-refractivity contribution in [2.45, 2.75) is 39.0 Å². The molecule has 0 aliphatic heterocycles. The number of carbonyl (C=O) groups excluding carboxylic acids is 3. The van der Waals surface area contributed by atoms with Crippen molar-refractivity contribution in [3.05, 3.63) is 46.0 Å². The van der Waals surface area contributed by atoms with Crippen molar-refractivity contribution in [3.8, 4) is 0 Å². The van der Waals surface area contributed by atoms with Crippen LogP contribution in [-0.4, -0.2) is 29.3 Å². The molecule has 1 amide bonds. The van der Waals surface area contributed by atoms with Crippen molar-refractivity contribution >= 4 is 34.1 Å². The van der Waals surface area contributed by atoms with E-state index in [0.717, 1.165) is 25.0 Å². The molecule has 0 spiro atoms. The van der Waals surface area contributed by atoms with Crippen LogP contribution in [0.15, 0.2) is 23.6 Å². The van der Waals surface area contributed by atoms with Crippen LogP contribution in [0.3, 0.4) is 0 Å². The van der Waals surface area contributed by atoms with E-state index in [1.165, 1.54) is 22.5 Å². The number of anilines is 1. The molecule has 1 aromatic heterocycles. The number of hydrogen-bond acceptors (Lipinski definition) is 6. The van der Waals surface area contributed by atoms with Gasteiger partial charge in [0.2, 0.25) is 0 Å². The quantitative estimate of drug-likeness (QED) is 0.596. The normalized spacial score (nSPS) is 12.5. The van der Waals surface area contributed by atoms with E-state index in [9.17, 15) is 14.4 Å². The third-order valence-electron chi connectivity index (χ3n) is 4.21. The Balaban J connectivity index is 1.41. The van der Waals surface area contributed by atoms with Crippen LogP contribution in [0.1, 0.15) is 46.4 Å². The van der Waals surface area contributed by atoms with Crippen LogP contribution < -0.4 is 5.32 Å². The maximum absolute atomic E-state index is 12.2. The first-order valence-electron chi connectivity index (χ1n) is 8.54. The zero-order valence-electron chi connectivity index (χ0n) is 14.5. The summed E-state index contributed by atoms with van der Waals surface area (Å²) in [6.07, 6.45) is 3.23. The average Bonchev–Trinajstić information content (AvgIpc) is 3.25. The van der Waals surface area contributed by atoms with Gasteiger partial charge in [-0.3, -0.25) is 19.7 Å². The molecule has 0 fully saturated rings. The second-order valence-corrected chi connectivity index (χ2v) is 7.12. The number of esters is 1. The summed E-state index contributed by atoms with van der Waals surface area (Å²) >= 11 is 1.30. The van der Waals surface area contributed by atoms with Crippen molar-refractivity contribution in [1.82, 2.24) is 4.98 Å². The van der Waals surface area contributed by atoms with Crippen LogP contribution in [0.5, 0.6) is 0 Å². The smallest absolute Gasteiger partial charge is 0.306 e. The monoisotopic (exact) mass is 372 g/mol. The molecule has 26 heavy (non-hydrogen) atoms. The van der Waals surface area contributed by atoms with Crippen LogP contribution in [-0.2, 0) is 27.2 Å². The van der Waals surface area contributed by atoms with Gasteiger partial charge in [0.1, 0.15) is 0 Å². The van der Waals surface area contributed by atoms with Gasteiger partial charge in [-0.2, -0.15) is 0 Å². The number of thiazole rings is 1. The summed E-state index contributed by atoms with van der Waals surface area (Å²) in [5.74, 6) is -1.10. The summed E-state index contributed by atoms with van der Waals surface area (Å²) < 4.78 is 4.92. The molecule has 6 nitrogen and oxygen atoms in total. The van der Waals surface area contributed by atoms with Gasteiger partial charge in [-0.05, 0) is 43.4 Å². The number of ether oxygens (including phenoxy) is 1. The number of carbonyl (C=O) groups is 3. The summed E-state index contributed by atoms with van der Waals surface area (Å²) in [6, 6.07) is 5.75. The SMILES string of the molecule is Cc1csc(NC(=O)COC(=O)CCC(=O)c2ccc3c(c2)CCC3)n1. The number of Topliss-reactive ketones (excluding diaryl/α,β-unsaturated/α-hetero) is 1. The van der Waals surface area contributed by atoms with Crippen LogP contribution in [0.4, 0.5) is 5.13 Å². The van der Waals surface area contributed by atoms with Crippen molar-refractivity contribution in [3.63, 3.8) is 0 Å². The van der Waals surface area contributed by atoms with Crippen molar-refractivity contribution in [1.29, 1.82) is 0 Å². The molecular weight excluding hydrogens is 352 g/mol. The van der Waals surface area contributed by atoms with E-state index in [1.807, 2.05) is 30.5 Å². The molecule has 1 aliphatic carbocycles. The lowest BCUT2D eigenvalue weighted by Gasteiger charge is -2.06. The zero-order chi connectivity index (χ0) is 18.5. The number of hydrogen-bond donors (Lipinski definition) is 1. The lowest BCUT2D eigenvalue weighted by molar-refractivity contribution is -0.147. The summed E-state index contributed by atoms with van der Waals surface area (Å²) in [5.41, 5.74) is 3.98. The highest BCUT2D eigenvalue weighted by molar-refractivity contribution is 7.13. The molecule has 0 unspecified atom stereocenters. The molecule has 1 N–H and O–H groups in total. The number of amides is 1. The topological polar surface area (TPSA) is 85.4 Å². The number of nitrogens with zero attached hydrogens (tertiary/aromatic N) is 1. The number of benzene rings is 1. The van der Waals surface area contributed by atoms with Crippen LogP contribution >= 0.6 is 11.3 Å². The van der Waals surface area contributed by atoms with Gasteiger partial charge in [0.25, 0.3) is 5.91 Å². The largest absolute Gasteiger partial charge is 0.456 e. The van der Waals surface area contributed by atoms with Crippen molar-refractivity contribution < 1.29 is 19.1 Å². The summed E-state index contributed by atoms with van der Waals surface area (Å²) in [6.45, 7) is 1.44. The minimum Gasteiger partial charge on any atom is -0.456 e. The fraction of sp³-hybridized carbons (Fsp3) is 0.368. The lowest BCUT2D eigenvalue weighted by atomic mass is 10.0. The average molecular weight is 372 g/mol.